The molecule has 1 aromatic carbocycles. The molecule has 2 aliphatic rings. The number of hydrogen-bond acceptors (Lipinski definition) is 3. The molecule has 2 aliphatic heterocycles. The van der Waals surface area contributed by atoms with Crippen molar-refractivity contribution >= 4 is 11.6 Å². The summed E-state index contributed by atoms with van der Waals surface area (Å²) in [6.45, 7) is 3.64. The van der Waals surface area contributed by atoms with Gasteiger partial charge in [-0.3, -0.25) is 4.79 Å². The van der Waals surface area contributed by atoms with E-state index in [1.165, 1.54) is 5.69 Å². The zero-order chi connectivity index (χ0) is 16.0. The number of hydrogen-bond donors (Lipinski definition) is 0. The molecule has 5 nitrogen and oxygen atoms in total. The molecule has 0 fully saturated rings. The highest BCUT2D eigenvalue weighted by molar-refractivity contribution is 5.97. The Hall–Kier alpha value is -2.61. The Kier molecular flexibility index (Phi) is 3.19. The van der Waals surface area contributed by atoms with E-state index in [1.54, 1.807) is 6.07 Å². The highest BCUT2D eigenvalue weighted by Gasteiger charge is 2.33. The van der Waals surface area contributed by atoms with E-state index in [9.17, 15) is 4.79 Å². The second-order valence-electron chi connectivity index (χ2n) is 6.35. The predicted molar refractivity (Wildman–Crippen MR) is 86.0 cm³/mol. The highest BCUT2D eigenvalue weighted by atomic mass is 16.2. The van der Waals surface area contributed by atoms with E-state index < -0.39 is 0 Å². The molecule has 0 saturated heterocycles. The van der Waals surface area contributed by atoms with Crippen molar-refractivity contribution in [2.24, 2.45) is 5.92 Å². The van der Waals surface area contributed by atoms with Crippen LogP contribution in [0.15, 0.2) is 24.4 Å². The van der Waals surface area contributed by atoms with Crippen LogP contribution in [-0.4, -0.2) is 22.0 Å². The fraction of sp³-hybridized carbons (Fsp3) is 0.389. The van der Waals surface area contributed by atoms with Gasteiger partial charge in [0, 0.05) is 43.0 Å². The lowest BCUT2D eigenvalue weighted by Gasteiger charge is -2.28. The summed E-state index contributed by atoms with van der Waals surface area (Å²) >= 11 is 0. The number of fused-ring (bicyclic) bond motifs is 2. The van der Waals surface area contributed by atoms with Gasteiger partial charge in [0.2, 0.25) is 5.91 Å². The average molecular weight is 306 g/mol. The lowest BCUT2D eigenvalue weighted by molar-refractivity contribution is -0.122. The van der Waals surface area contributed by atoms with Crippen LogP contribution < -0.4 is 4.90 Å². The maximum Gasteiger partial charge on any atom is 0.230 e. The fourth-order valence-corrected chi connectivity index (χ4v) is 3.72. The molecule has 0 saturated carbocycles. The zero-order valence-corrected chi connectivity index (χ0v) is 13.1. The number of aromatic nitrogens is 2. The number of imidazole rings is 1. The standard InChI is InChI=1S/C18H18N4O/c1-12-11-20-17-9-15(5-6-21(12)17)18(23)22-7-4-14-8-13(10-19)2-3-16(14)22/h2-3,8,11,15H,4-7,9H2,1H3. The van der Waals surface area contributed by atoms with Crippen LogP contribution in [0.3, 0.4) is 0 Å². The van der Waals surface area contributed by atoms with Crippen LogP contribution in [0.1, 0.15) is 29.1 Å². The minimum atomic E-state index is 0.00546. The van der Waals surface area contributed by atoms with Gasteiger partial charge >= 0.3 is 0 Å². The molecule has 0 N–H and O–H groups in total. The second-order valence-corrected chi connectivity index (χ2v) is 6.35. The van der Waals surface area contributed by atoms with Crippen molar-refractivity contribution in [3.05, 3.63) is 47.0 Å². The number of rotatable bonds is 1. The molecular weight excluding hydrogens is 288 g/mol. The van der Waals surface area contributed by atoms with E-state index in [2.05, 4.69) is 22.5 Å². The van der Waals surface area contributed by atoms with Crippen LogP contribution in [0.4, 0.5) is 5.69 Å². The second kappa shape index (κ2) is 5.24. The van der Waals surface area contributed by atoms with Gasteiger partial charge in [-0.05, 0) is 43.5 Å². The molecule has 2 aromatic rings. The number of aryl methyl sites for hydroxylation is 1. The summed E-state index contributed by atoms with van der Waals surface area (Å²) in [6, 6.07) is 7.77. The molecule has 0 spiro atoms. The van der Waals surface area contributed by atoms with Crippen molar-refractivity contribution in [2.45, 2.75) is 32.7 Å². The summed E-state index contributed by atoms with van der Waals surface area (Å²) in [4.78, 5) is 19.3. The first-order valence-corrected chi connectivity index (χ1v) is 8.03. The van der Waals surface area contributed by atoms with Gasteiger partial charge in [0.05, 0.1) is 11.6 Å². The Labute approximate surface area is 135 Å². The molecule has 4 rings (SSSR count). The highest BCUT2D eigenvalue weighted by Crippen LogP contribution is 2.32. The number of nitriles is 1. The van der Waals surface area contributed by atoms with Gasteiger partial charge in [0.1, 0.15) is 5.82 Å². The molecule has 0 bridgehead atoms. The number of nitrogens with zero attached hydrogens (tertiary/aromatic N) is 4. The Bertz CT molecular complexity index is 830. The molecule has 1 amide bonds. The number of amides is 1. The molecule has 1 atom stereocenters. The summed E-state index contributed by atoms with van der Waals surface area (Å²) in [6.07, 6.45) is 4.30. The Balaban J connectivity index is 1.57. The molecule has 1 unspecified atom stereocenters. The third kappa shape index (κ3) is 2.22. The summed E-state index contributed by atoms with van der Waals surface area (Å²) in [5, 5.41) is 9.00. The smallest absolute Gasteiger partial charge is 0.230 e. The van der Waals surface area contributed by atoms with E-state index in [0.717, 1.165) is 42.9 Å². The molecule has 0 radical (unpaired) electrons. The molecule has 23 heavy (non-hydrogen) atoms. The molecule has 3 heterocycles. The van der Waals surface area contributed by atoms with E-state index in [-0.39, 0.29) is 11.8 Å². The number of anilines is 1. The van der Waals surface area contributed by atoms with E-state index in [4.69, 9.17) is 5.26 Å². The number of carbonyl (C=O) groups is 1. The quantitative estimate of drug-likeness (QED) is 0.811. The van der Waals surface area contributed by atoms with Crippen molar-refractivity contribution in [1.29, 1.82) is 5.26 Å². The maximum atomic E-state index is 13.0. The summed E-state index contributed by atoms with van der Waals surface area (Å²) in [5.41, 5.74) is 3.90. The van der Waals surface area contributed by atoms with Crippen molar-refractivity contribution in [3.63, 3.8) is 0 Å². The third-order valence-corrected chi connectivity index (χ3v) is 4.99. The van der Waals surface area contributed by atoms with Crippen LogP contribution in [-0.2, 0) is 24.2 Å². The van der Waals surface area contributed by atoms with E-state index in [0.29, 0.717) is 12.1 Å². The average Bonchev–Trinajstić information content (AvgIpc) is 3.17. The molecule has 0 aliphatic carbocycles. The van der Waals surface area contributed by atoms with Crippen molar-refractivity contribution in [2.75, 3.05) is 11.4 Å². The zero-order valence-electron chi connectivity index (χ0n) is 13.1. The van der Waals surface area contributed by atoms with Gasteiger partial charge in [-0.25, -0.2) is 4.98 Å². The van der Waals surface area contributed by atoms with Crippen molar-refractivity contribution in [1.82, 2.24) is 9.55 Å². The maximum absolute atomic E-state index is 13.0. The SMILES string of the molecule is Cc1cnc2n1CCC(C(=O)N1CCc3cc(C#N)ccc31)C2. The van der Waals surface area contributed by atoms with Gasteiger partial charge in [-0.15, -0.1) is 0 Å². The van der Waals surface area contributed by atoms with Gasteiger partial charge in [0.25, 0.3) is 0 Å². The largest absolute Gasteiger partial charge is 0.332 e. The van der Waals surface area contributed by atoms with Crippen molar-refractivity contribution in [3.8, 4) is 6.07 Å². The first kappa shape index (κ1) is 14.0. The van der Waals surface area contributed by atoms with Crippen LogP contribution in [0, 0.1) is 24.2 Å². The van der Waals surface area contributed by atoms with E-state index in [1.807, 2.05) is 23.2 Å². The Morgan fingerprint density at radius 1 is 1.39 bits per heavy atom. The normalized spacial score (nSPS) is 19.1. The first-order chi connectivity index (χ1) is 11.2. The minimum Gasteiger partial charge on any atom is -0.332 e. The monoisotopic (exact) mass is 306 g/mol. The first-order valence-electron chi connectivity index (χ1n) is 8.03. The lowest BCUT2D eigenvalue weighted by Crippen LogP contribution is -2.38. The van der Waals surface area contributed by atoms with Gasteiger partial charge in [0.15, 0.2) is 0 Å². The van der Waals surface area contributed by atoms with Crippen LogP contribution in [0.25, 0.3) is 0 Å². The number of carbonyl (C=O) groups excluding carboxylic acids is 1. The van der Waals surface area contributed by atoms with E-state index >= 15 is 0 Å². The fourth-order valence-electron chi connectivity index (χ4n) is 3.72. The Morgan fingerprint density at radius 3 is 3.09 bits per heavy atom. The molecule has 116 valence electrons. The van der Waals surface area contributed by atoms with Crippen molar-refractivity contribution < 1.29 is 4.79 Å². The van der Waals surface area contributed by atoms with Gasteiger partial charge in [-0.2, -0.15) is 5.26 Å². The molecular formula is C18H18N4O. The summed E-state index contributed by atoms with van der Waals surface area (Å²) in [7, 11) is 0. The number of benzene rings is 1. The topological polar surface area (TPSA) is 61.9 Å². The lowest BCUT2D eigenvalue weighted by atomic mass is 9.96. The van der Waals surface area contributed by atoms with Gasteiger partial charge < -0.3 is 9.47 Å². The molecule has 5 heteroatoms. The predicted octanol–water partition coefficient (Wildman–Crippen LogP) is 2.21. The van der Waals surface area contributed by atoms with Crippen LogP contribution in [0.2, 0.25) is 0 Å². The minimum absolute atomic E-state index is 0.00546. The van der Waals surface area contributed by atoms with Crippen LogP contribution in [0.5, 0.6) is 0 Å². The summed E-state index contributed by atoms with van der Waals surface area (Å²) < 4.78 is 2.21. The molecule has 1 aromatic heterocycles. The van der Waals surface area contributed by atoms with Gasteiger partial charge in [-0.1, -0.05) is 0 Å². The van der Waals surface area contributed by atoms with Crippen LogP contribution >= 0.6 is 0 Å². The Morgan fingerprint density at radius 2 is 2.26 bits per heavy atom. The summed E-state index contributed by atoms with van der Waals surface area (Å²) in [5.74, 6) is 1.22. The third-order valence-electron chi connectivity index (χ3n) is 4.99.